The second-order valence-electron chi connectivity index (χ2n) is 15.8. The summed E-state index contributed by atoms with van der Waals surface area (Å²) in [6.07, 6.45) is 6.02. The monoisotopic (exact) mass is 843 g/mol. The van der Waals surface area contributed by atoms with Crippen molar-refractivity contribution in [3.63, 3.8) is 0 Å². The average Bonchev–Trinajstić information content (AvgIpc) is 3.27. The van der Waals surface area contributed by atoms with Gasteiger partial charge in [-0.2, -0.15) is 4.98 Å². The summed E-state index contributed by atoms with van der Waals surface area (Å²) in [5, 5.41) is 14.9. The number of anilines is 6. The lowest BCUT2D eigenvalue weighted by atomic mass is 9.90. The van der Waals surface area contributed by atoms with E-state index < -0.39 is 5.82 Å². The van der Waals surface area contributed by atoms with E-state index in [2.05, 4.69) is 58.5 Å². The number of aromatic nitrogens is 2. The number of piperidine rings is 3. The Bertz CT molecular complexity index is 2370. The molecule has 1 atom stereocenters. The number of hydrogen-bond donors (Lipinski definition) is 5. The molecule has 4 heterocycles. The Labute approximate surface area is 358 Å². The molecule has 314 valence electrons. The van der Waals surface area contributed by atoms with Gasteiger partial charge in [0.15, 0.2) is 11.6 Å². The minimum Gasteiger partial charge on any atom is -0.372 e. The van der Waals surface area contributed by atoms with E-state index in [0.29, 0.717) is 52.0 Å². The van der Waals surface area contributed by atoms with Gasteiger partial charge in [-0.3, -0.25) is 24.5 Å². The van der Waals surface area contributed by atoms with Crippen LogP contribution in [0, 0.1) is 11.7 Å². The van der Waals surface area contributed by atoms with Gasteiger partial charge >= 0.3 is 0 Å². The van der Waals surface area contributed by atoms with E-state index in [4.69, 9.17) is 11.6 Å². The maximum Gasteiger partial charge on any atom is 0.255 e. The van der Waals surface area contributed by atoms with Gasteiger partial charge in [-0.15, -0.1) is 0 Å². The van der Waals surface area contributed by atoms with Crippen LogP contribution in [0.25, 0.3) is 0 Å². The molecule has 8 rings (SSSR count). The fourth-order valence-electron chi connectivity index (χ4n) is 8.14. The highest BCUT2D eigenvalue weighted by Gasteiger charge is 2.29. The van der Waals surface area contributed by atoms with Crippen LogP contribution in [0.3, 0.4) is 0 Å². The molecule has 13 nitrogen and oxygen atoms in total. The molecule has 4 amide bonds. The Balaban J connectivity index is 0.754. The molecule has 1 aromatic heterocycles. The number of para-hydroxylation sites is 1. The van der Waals surface area contributed by atoms with Gasteiger partial charge in [-0.05, 0) is 116 Å². The largest absolute Gasteiger partial charge is 0.372 e. The third-order valence-corrected chi connectivity index (χ3v) is 12.0. The average molecular weight is 844 g/mol. The van der Waals surface area contributed by atoms with Gasteiger partial charge in [0.05, 0.1) is 22.8 Å². The third-order valence-electron chi connectivity index (χ3n) is 11.6. The van der Waals surface area contributed by atoms with Crippen LogP contribution in [0.2, 0.25) is 5.02 Å². The predicted octanol–water partition coefficient (Wildman–Crippen LogP) is 7.64. The second kappa shape index (κ2) is 18.9. The minimum absolute atomic E-state index is 0.0501. The topological polar surface area (TPSA) is 161 Å². The molecular formula is C46H47ClFN9O4. The molecule has 3 aliphatic heterocycles. The molecule has 4 aromatic carbocycles. The van der Waals surface area contributed by atoms with Gasteiger partial charge in [-0.25, -0.2) is 9.37 Å². The van der Waals surface area contributed by atoms with E-state index in [1.807, 2.05) is 12.1 Å². The number of nitrogens with one attached hydrogen (secondary N) is 5. The van der Waals surface area contributed by atoms with Gasteiger partial charge in [-0.1, -0.05) is 35.9 Å². The highest BCUT2D eigenvalue weighted by molar-refractivity contribution is 6.33. The van der Waals surface area contributed by atoms with Crippen LogP contribution in [-0.4, -0.2) is 77.3 Å². The van der Waals surface area contributed by atoms with Gasteiger partial charge in [0.2, 0.25) is 17.8 Å². The van der Waals surface area contributed by atoms with Crippen LogP contribution in [0.15, 0.2) is 103 Å². The lowest BCUT2D eigenvalue weighted by Crippen LogP contribution is -2.47. The van der Waals surface area contributed by atoms with Crippen molar-refractivity contribution in [2.24, 2.45) is 5.92 Å². The molecule has 15 heteroatoms. The van der Waals surface area contributed by atoms with Crippen LogP contribution in [-0.2, 0) is 9.59 Å². The molecule has 0 spiro atoms. The molecule has 5 N–H and O–H groups in total. The zero-order chi connectivity index (χ0) is 42.3. The summed E-state index contributed by atoms with van der Waals surface area (Å²) < 4.78 is 14.7. The van der Waals surface area contributed by atoms with E-state index in [1.54, 1.807) is 72.8 Å². The Kier molecular flexibility index (Phi) is 12.8. The lowest BCUT2D eigenvalue weighted by Gasteiger charge is -2.38. The summed E-state index contributed by atoms with van der Waals surface area (Å²) in [7, 11) is 0. The minimum atomic E-state index is -0.654. The van der Waals surface area contributed by atoms with Crippen molar-refractivity contribution >= 4 is 69.7 Å². The first-order valence-electron chi connectivity index (χ1n) is 20.7. The highest BCUT2D eigenvalue weighted by atomic mass is 35.5. The number of halogens is 2. The van der Waals surface area contributed by atoms with Crippen molar-refractivity contribution < 1.29 is 23.6 Å². The lowest BCUT2D eigenvalue weighted by molar-refractivity contribution is -0.134. The molecule has 1 unspecified atom stereocenters. The Hall–Kier alpha value is -6.38. The van der Waals surface area contributed by atoms with Gasteiger partial charge in [0, 0.05) is 73.4 Å². The van der Waals surface area contributed by atoms with Crippen molar-refractivity contribution in [3.8, 4) is 0 Å². The number of carbonyl (C=O) groups excluding carboxylic acids is 4. The summed E-state index contributed by atoms with van der Waals surface area (Å²) in [4.78, 5) is 63.0. The van der Waals surface area contributed by atoms with Gasteiger partial charge in [0.1, 0.15) is 0 Å². The number of amides is 4. The van der Waals surface area contributed by atoms with Crippen LogP contribution in [0.4, 0.5) is 38.9 Å². The van der Waals surface area contributed by atoms with E-state index in [-0.39, 0.29) is 47.4 Å². The Morgan fingerprint density at radius 3 is 2.10 bits per heavy atom. The normalized spacial score (nSPS) is 17.7. The van der Waals surface area contributed by atoms with Crippen LogP contribution >= 0.6 is 11.6 Å². The van der Waals surface area contributed by atoms with Crippen molar-refractivity contribution in [1.29, 1.82) is 0 Å². The van der Waals surface area contributed by atoms with Gasteiger partial charge < -0.3 is 31.1 Å². The quantitative estimate of drug-likeness (QED) is 0.0790. The number of imide groups is 1. The zero-order valence-electron chi connectivity index (χ0n) is 33.5. The SMILES string of the molecule is O=C1CCC(c2ccc(N3CCC(CN4CCC(NC(=O)c5ccc(Nc6ncc(F)c(Nc7ccc(C(=O)Nc8ccccc8Cl)cc7)n6)cc5)CC4)CC3)cc2)C(=O)N1. The predicted molar refractivity (Wildman–Crippen MR) is 234 cm³/mol. The number of likely N-dealkylation sites (tertiary alicyclic amines) is 1. The first-order valence-corrected chi connectivity index (χ1v) is 21.1. The van der Waals surface area contributed by atoms with E-state index in [9.17, 15) is 23.6 Å². The number of benzene rings is 4. The van der Waals surface area contributed by atoms with Crippen molar-refractivity contribution in [3.05, 3.63) is 131 Å². The number of rotatable bonds is 12. The molecule has 0 bridgehead atoms. The molecular weight excluding hydrogens is 797 g/mol. The van der Waals surface area contributed by atoms with Crippen molar-refractivity contribution in [2.45, 2.75) is 50.5 Å². The third kappa shape index (κ3) is 10.5. The molecule has 3 fully saturated rings. The standard InChI is InChI=1S/C46H47ClFN9O4/c47-38-3-1-2-4-40(38)53-44(60)32-5-11-33(12-6-32)50-42-39(48)27-49-46(55-42)52-34-13-7-31(8-14-34)43(59)51-35-21-23-56(24-22-35)28-29-19-25-57(26-20-29)36-15-9-30(10-16-36)37-17-18-41(58)54-45(37)61/h1-16,27,29,35,37H,17-26,28H2,(H,51,59)(H,53,60)(H,54,58,61)(H2,49,50,52,55). The van der Waals surface area contributed by atoms with E-state index in [0.717, 1.165) is 70.2 Å². The second-order valence-corrected chi connectivity index (χ2v) is 16.2. The molecule has 0 aliphatic carbocycles. The summed E-state index contributed by atoms with van der Waals surface area (Å²) in [5.74, 6) is -1.04. The number of hydrogen-bond acceptors (Lipinski definition) is 10. The summed E-state index contributed by atoms with van der Waals surface area (Å²) in [5.41, 5.74) is 4.71. The van der Waals surface area contributed by atoms with E-state index >= 15 is 0 Å². The van der Waals surface area contributed by atoms with Crippen molar-refractivity contribution in [1.82, 2.24) is 25.5 Å². The fourth-order valence-corrected chi connectivity index (χ4v) is 8.33. The highest BCUT2D eigenvalue weighted by Crippen LogP contribution is 2.30. The van der Waals surface area contributed by atoms with Gasteiger partial charge in [0.25, 0.3) is 11.8 Å². The number of nitrogens with zero attached hydrogens (tertiary/aromatic N) is 4. The number of carbonyl (C=O) groups is 4. The van der Waals surface area contributed by atoms with Crippen LogP contribution in [0.1, 0.15) is 70.7 Å². The Morgan fingerprint density at radius 2 is 1.43 bits per heavy atom. The molecule has 3 saturated heterocycles. The molecule has 5 aromatic rings. The van der Waals surface area contributed by atoms with Crippen LogP contribution in [0.5, 0.6) is 0 Å². The smallest absolute Gasteiger partial charge is 0.255 e. The molecule has 3 aliphatic rings. The zero-order valence-corrected chi connectivity index (χ0v) is 34.3. The molecule has 0 saturated carbocycles. The first-order chi connectivity index (χ1) is 29.6. The van der Waals surface area contributed by atoms with E-state index in [1.165, 1.54) is 5.69 Å². The van der Waals surface area contributed by atoms with Crippen molar-refractivity contribution in [2.75, 3.05) is 53.6 Å². The molecule has 61 heavy (non-hydrogen) atoms. The molecule has 0 radical (unpaired) electrons. The van der Waals surface area contributed by atoms with Crippen LogP contribution < -0.4 is 31.5 Å². The Morgan fingerprint density at radius 1 is 0.770 bits per heavy atom. The summed E-state index contributed by atoms with van der Waals surface area (Å²) in [6.45, 7) is 4.93. The maximum atomic E-state index is 14.7. The summed E-state index contributed by atoms with van der Waals surface area (Å²) >= 11 is 6.15. The first kappa shape index (κ1) is 41.4. The maximum absolute atomic E-state index is 14.7. The summed E-state index contributed by atoms with van der Waals surface area (Å²) in [6, 6.07) is 28.8. The fraction of sp³-hybridized carbons (Fsp3) is 0.304.